The van der Waals surface area contributed by atoms with E-state index in [1.807, 2.05) is 19.9 Å². The molecule has 0 radical (unpaired) electrons. The van der Waals surface area contributed by atoms with E-state index in [4.69, 9.17) is 0 Å². The predicted molar refractivity (Wildman–Crippen MR) is 86.5 cm³/mol. The minimum absolute atomic E-state index is 0.0182. The van der Waals surface area contributed by atoms with E-state index in [-0.39, 0.29) is 34.3 Å². The van der Waals surface area contributed by atoms with Crippen molar-refractivity contribution in [3.63, 3.8) is 0 Å². The third-order valence-electron chi connectivity index (χ3n) is 3.55. The fourth-order valence-electron chi connectivity index (χ4n) is 2.58. The number of aromatic amines is 1. The number of nitrogens with one attached hydrogen (secondary N) is 2. The summed E-state index contributed by atoms with van der Waals surface area (Å²) >= 11 is 1.38. The van der Waals surface area contributed by atoms with Gasteiger partial charge >= 0.3 is 0 Å². The summed E-state index contributed by atoms with van der Waals surface area (Å²) in [5.74, 6) is 0.778. The molecule has 2 aromatic rings. The summed E-state index contributed by atoms with van der Waals surface area (Å²) in [5.41, 5.74) is 1.11. The van der Waals surface area contributed by atoms with Crippen LogP contribution in [-0.2, 0) is 4.79 Å². The van der Waals surface area contributed by atoms with E-state index >= 15 is 0 Å². The van der Waals surface area contributed by atoms with Crippen molar-refractivity contribution in [3.05, 3.63) is 45.7 Å². The van der Waals surface area contributed by atoms with Crippen molar-refractivity contribution in [2.75, 3.05) is 11.1 Å². The van der Waals surface area contributed by atoms with Crippen LogP contribution in [0.25, 0.3) is 0 Å². The van der Waals surface area contributed by atoms with Crippen LogP contribution >= 0.6 is 11.8 Å². The number of hydrogen-bond donors (Lipinski definition) is 3. The normalized spacial score (nSPS) is 18.0. The first-order chi connectivity index (χ1) is 10.5. The van der Waals surface area contributed by atoms with Crippen molar-refractivity contribution in [1.82, 2.24) is 9.78 Å². The van der Waals surface area contributed by atoms with Crippen molar-refractivity contribution in [3.8, 4) is 5.75 Å². The molecule has 1 aromatic heterocycles. The first kappa shape index (κ1) is 14.8. The topological polar surface area (TPSA) is 87.1 Å². The number of nitrogens with zero attached hydrogens (tertiary/aromatic N) is 1. The quantitative estimate of drug-likeness (QED) is 0.792. The summed E-state index contributed by atoms with van der Waals surface area (Å²) in [6.45, 7) is 3.87. The van der Waals surface area contributed by atoms with Gasteiger partial charge in [0.15, 0.2) is 0 Å². The number of rotatable bonds is 2. The fourth-order valence-corrected chi connectivity index (χ4v) is 3.70. The van der Waals surface area contributed by atoms with Crippen molar-refractivity contribution >= 4 is 23.5 Å². The van der Waals surface area contributed by atoms with Crippen LogP contribution < -0.4 is 10.9 Å². The van der Waals surface area contributed by atoms with E-state index in [1.54, 1.807) is 22.9 Å². The average Bonchev–Trinajstić information content (AvgIpc) is 2.67. The molecule has 1 aromatic carbocycles. The Morgan fingerprint density at radius 2 is 2.14 bits per heavy atom. The number of thioether (sulfide) groups is 1. The molecule has 7 heteroatoms. The maximum absolute atomic E-state index is 12.4. The Balaban J connectivity index is 2.19. The van der Waals surface area contributed by atoms with Crippen molar-refractivity contribution in [1.29, 1.82) is 0 Å². The van der Waals surface area contributed by atoms with Gasteiger partial charge in [-0.15, -0.1) is 11.8 Å². The third-order valence-corrected chi connectivity index (χ3v) is 4.82. The second-order valence-electron chi connectivity index (χ2n) is 5.50. The first-order valence-corrected chi connectivity index (χ1v) is 8.07. The lowest BCUT2D eigenvalue weighted by molar-refractivity contribution is -0.113. The van der Waals surface area contributed by atoms with Gasteiger partial charge in [0.1, 0.15) is 11.6 Å². The molecular weight excluding hydrogens is 302 g/mol. The van der Waals surface area contributed by atoms with Gasteiger partial charge in [0.05, 0.1) is 16.6 Å². The summed E-state index contributed by atoms with van der Waals surface area (Å²) < 4.78 is 1.68. The summed E-state index contributed by atoms with van der Waals surface area (Å²) in [5, 5.41) is 15.0. The Morgan fingerprint density at radius 1 is 1.36 bits per heavy atom. The Kier molecular flexibility index (Phi) is 3.74. The predicted octanol–water partition coefficient (Wildman–Crippen LogP) is 2.24. The van der Waals surface area contributed by atoms with E-state index in [0.29, 0.717) is 11.4 Å². The number of aromatic nitrogens is 2. The molecule has 1 unspecified atom stereocenters. The summed E-state index contributed by atoms with van der Waals surface area (Å²) in [7, 11) is 0. The van der Waals surface area contributed by atoms with Crippen LogP contribution in [0.1, 0.15) is 36.3 Å². The molecule has 6 nitrogen and oxygen atoms in total. The monoisotopic (exact) mass is 319 g/mol. The summed E-state index contributed by atoms with van der Waals surface area (Å²) in [6.07, 6.45) is 0. The average molecular weight is 319 g/mol. The number of anilines is 1. The third kappa shape index (κ3) is 2.52. The maximum Gasteiger partial charge on any atom is 0.270 e. The number of H-pyrrole nitrogens is 1. The largest absolute Gasteiger partial charge is 0.508 e. The molecule has 0 aliphatic carbocycles. The second-order valence-corrected chi connectivity index (χ2v) is 6.59. The molecule has 0 fully saturated rings. The summed E-state index contributed by atoms with van der Waals surface area (Å²) in [6, 6.07) is 6.81. The van der Waals surface area contributed by atoms with Gasteiger partial charge < -0.3 is 10.4 Å². The summed E-state index contributed by atoms with van der Waals surface area (Å²) in [4.78, 5) is 24.4. The Bertz CT molecular complexity index is 779. The van der Waals surface area contributed by atoms with Gasteiger partial charge in [0.25, 0.3) is 5.56 Å². The highest BCUT2D eigenvalue weighted by atomic mass is 32.2. The molecule has 3 rings (SSSR count). The first-order valence-electron chi connectivity index (χ1n) is 7.02. The molecule has 0 bridgehead atoms. The number of aromatic hydroxyl groups is 1. The van der Waals surface area contributed by atoms with Crippen LogP contribution in [0.4, 0.5) is 5.82 Å². The van der Waals surface area contributed by atoms with E-state index < -0.39 is 0 Å². The van der Waals surface area contributed by atoms with E-state index in [0.717, 1.165) is 5.56 Å². The van der Waals surface area contributed by atoms with Gasteiger partial charge in [-0.3, -0.25) is 19.4 Å². The van der Waals surface area contributed by atoms with E-state index in [9.17, 15) is 14.7 Å². The van der Waals surface area contributed by atoms with E-state index in [2.05, 4.69) is 10.4 Å². The highest BCUT2D eigenvalue weighted by Crippen LogP contribution is 2.40. The van der Waals surface area contributed by atoms with Crippen LogP contribution in [0.15, 0.2) is 29.1 Å². The lowest BCUT2D eigenvalue weighted by Gasteiger charge is -2.15. The lowest BCUT2D eigenvalue weighted by atomic mass is 10.1. The zero-order valence-electron chi connectivity index (χ0n) is 12.3. The maximum atomic E-state index is 12.4. The minimum Gasteiger partial charge on any atom is -0.508 e. The second kappa shape index (κ2) is 5.57. The molecule has 1 aliphatic heterocycles. The van der Waals surface area contributed by atoms with Crippen LogP contribution in [0, 0.1) is 0 Å². The van der Waals surface area contributed by atoms with Crippen LogP contribution in [0.3, 0.4) is 0 Å². The van der Waals surface area contributed by atoms with Gasteiger partial charge in [-0.05, 0) is 31.5 Å². The standard InChI is InChI=1S/C15H17N3O3S/c1-8(2)18-14-12(15(21)17-18)13(22-7-11(20)16-14)9-4-3-5-10(19)6-9/h3-6,8,13,19H,7H2,1-2H3,(H,16,20)(H,17,21). The molecule has 0 spiro atoms. The van der Waals surface area contributed by atoms with Crippen molar-refractivity contribution in [2.45, 2.75) is 25.1 Å². The molecule has 0 saturated heterocycles. The molecule has 2 heterocycles. The highest BCUT2D eigenvalue weighted by molar-refractivity contribution is 8.00. The van der Waals surface area contributed by atoms with Gasteiger partial charge in [-0.25, -0.2) is 0 Å². The van der Waals surface area contributed by atoms with Crippen molar-refractivity contribution in [2.24, 2.45) is 0 Å². The van der Waals surface area contributed by atoms with Gasteiger partial charge in [0, 0.05) is 6.04 Å². The number of carbonyl (C=O) groups is 1. The smallest absolute Gasteiger partial charge is 0.270 e. The zero-order chi connectivity index (χ0) is 15.9. The fraction of sp³-hybridized carbons (Fsp3) is 0.333. The number of hydrogen-bond acceptors (Lipinski definition) is 4. The molecule has 22 heavy (non-hydrogen) atoms. The molecule has 116 valence electrons. The van der Waals surface area contributed by atoms with Gasteiger partial charge in [-0.1, -0.05) is 12.1 Å². The number of carbonyl (C=O) groups excluding carboxylic acids is 1. The molecule has 1 amide bonds. The number of fused-ring (bicyclic) bond motifs is 1. The number of benzene rings is 1. The number of phenolic OH excluding ortho intramolecular Hbond substituents is 1. The van der Waals surface area contributed by atoms with Crippen LogP contribution in [0.2, 0.25) is 0 Å². The molecular formula is C15H17N3O3S. The number of amides is 1. The Labute approximate surface area is 131 Å². The Hall–Kier alpha value is -2.15. The van der Waals surface area contributed by atoms with Crippen LogP contribution in [0.5, 0.6) is 5.75 Å². The van der Waals surface area contributed by atoms with Gasteiger partial charge in [-0.2, -0.15) is 0 Å². The van der Waals surface area contributed by atoms with E-state index in [1.165, 1.54) is 11.8 Å². The van der Waals surface area contributed by atoms with Gasteiger partial charge in [0.2, 0.25) is 5.91 Å². The molecule has 1 aliphatic rings. The Morgan fingerprint density at radius 3 is 2.82 bits per heavy atom. The SMILES string of the molecule is CC(C)n1[nH]c(=O)c2c1NC(=O)CSC2c1cccc(O)c1. The lowest BCUT2D eigenvalue weighted by Crippen LogP contribution is -2.17. The molecule has 0 saturated carbocycles. The minimum atomic E-state index is -0.301. The van der Waals surface area contributed by atoms with Crippen molar-refractivity contribution < 1.29 is 9.90 Å². The molecule has 3 N–H and O–H groups in total. The highest BCUT2D eigenvalue weighted by Gasteiger charge is 2.30. The van der Waals surface area contributed by atoms with Crippen LogP contribution in [-0.4, -0.2) is 26.5 Å². The zero-order valence-corrected chi connectivity index (χ0v) is 13.1. The molecule has 1 atom stereocenters. The number of phenols is 1.